The van der Waals surface area contributed by atoms with Gasteiger partial charge in [0.05, 0.1) is 6.04 Å². The largest absolute Gasteiger partial charge is 0.344 e. The Hall–Kier alpha value is -6.28. The number of rotatable bonds is 22. The van der Waals surface area contributed by atoms with Crippen LogP contribution in [0.15, 0.2) is 97.1 Å². The topological polar surface area (TPSA) is 139 Å². The zero-order valence-electron chi connectivity index (χ0n) is 46.6. The van der Waals surface area contributed by atoms with Crippen molar-refractivity contribution < 1.29 is 37.5 Å². The molecule has 2 fully saturated rings. The van der Waals surface area contributed by atoms with E-state index in [-0.39, 0.29) is 84.0 Å². The predicted molar refractivity (Wildman–Crippen MR) is 295 cm³/mol. The highest BCUT2D eigenvalue weighted by atomic mass is 19.1. The van der Waals surface area contributed by atoms with E-state index < -0.39 is 22.8 Å². The second-order valence-electron chi connectivity index (χ2n) is 23.3. The van der Waals surface area contributed by atoms with Crippen LogP contribution in [0.2, 0.25) is 0 Å². The molecule has 2 aliphatic rings. The molecule has 4 aromatic rings. The smallest absolute Gasteiger partial charge is 0.253 e. The lowest BCUT2D eigenvalue weighted by atomic mass is 9.76. The molecular weight excluding hydrogens is 963 g/mol. The van der Waals surface area contributed by atoms with Gasteiger partial charge in [-0.3, -0.25) is 28.8 Å². The van der Waals surface area contributed by atoms with Gasteiger partial charge in [-0.15, -0.1) is 0 Å². The zero-order valence-corrected chi connectivity index (χ0v) is 46.6. The minimum Gasteiger partial charge on any atom is -0.344 e. The molecule has 6 rings (SSSR count). The molecule has 2 saturated heterocycles. The fourth-order valence-corrected chi connectivity index (χ4v) is 10.3. The molecular formula is C62H82F2N6O6. The van der Waals surface area contributed by atoms with Gasteiger partial charge in [-0.2, -0.15) is 0 Å². The SMILES string of the molecule is CC[C@@H](C)C(=O)N[C@H](C(=O)N1CCC[C@H]1CN(CCc1ccc(F)cc1)C(=O)c1ccc(-c2ccc(C(=O)N(CCc3ccc(F)cc3)C[C@@H]3CCCN3C(=O)[C@@H](CC(=O)[C@H](C)NC)C(C)(C)C)cc2)cc1)C(C)(C)C. The van der Waals surface area contributed by atoms with Gasteiger partial charge in [0, 0.05) is 80.7 Å². The van der Waals surface area contributed by atoms with E-state index in [9.17, 15) is 37.5 Å². The number of carbonyl (C=O) groups excluding carboxylic acids is 6. The molecule has 0 aromatic heterocycles. The third kappa shape index (κ3) is 15.4. The highest BCUT2D eigenvalue weighted by molar-refractivity contribution is 5.96. The van der Waals surface area contributed by atoms with Gasteiger partial charge in [0.2, 0.25) is 17.7 Å². The lowest BCUT2D eigenvalue weighted by molar-refractivity contribution is -0.143. The fourth-order valence-electron chi connectivity index (χ4n) is 10.3. The number of amides is 5. The lowest BCUT2D eigenvalue weighted by Gasteiger charge is -2.37. The maximum Gasteiger partial charge on any atom is 0.253 e. The van der Waals surface area contributed by atoms with Crippen molar-refractivity contribution in [2.24, 2.45) is 22.7 Å². The van der Waals surface area contributed by atoms with Crippen LogP contribution in [0.5, 0.6) is 0 Å². The molecule has 5 amide bonds. The average molecular weight is 1050 g/mol. The first-order valence-electron chi connectivity index (χ1n) is 27.4. The van der Waals surface area contributed by atoms with Crippen molar-refractivity contribution in [2.45, 2.75) is 138 Å². The van der Waals surface area contributed by atoms with Crippen LogP contribution < -0.4 is 10.6 Å². The molecule has 14 heteroatoms. The molecule has 2 N–H and O–H groups in total. The maximum absolute atomic E-state index is 14.6. The Morgan fingerprint density at radius 3 is 1.42 bits per heavy atom. The van der Waals surface area contributed by atoms with Crippen molar-refractivity contribution in [3.8, 4) is 11.1 Å². The van der Waals surface area contributed by atoms with Gasteiger partial charge >= 0.3 is 0 Å². The van der Waals surface area contributed by atoms with E-state index in [1.54, 1.807) is 72.3 Å². The van der Waals surface area contributed by atoms with Crippen molar-refractivity contribution >= 4 is 35.3 Å². The Morgan fingerprint density at radius 1 is 0.618 bits per heavy atom. The van der Waals surface area contributed by atoms with E-state index in [1.165, 1.54) is 24.3 Å². The van der Waals surface area contributed by atoms with Crippen LogP contribution in [-0.2, 0) is 32.0 Å². The highest BCUT2D eigenvalue weighted by Gasteiger charge is 2.43. The maximum atomic E-state index is 14.6. The average Bonchev–Trinajstić information content (AvgIpc) is 4.08. The molecule has 0 aliphatic carbocycles. The first-order chi connectivity index (χ1) is 36.0. The normalized spacial score (nSPS) is 17.4. The van der Waals surface area contributed by atoms with Crippen LogP contribution in [0.1, 0.15) is 133 Å². The number of hydrogen-bond donors (Lipinski definition) is 2. The van der Waals surface area contributed by atoms with Crippen LogP contribution in [0.3, 0.4) is 0 Å². The van der Waals surface area contributed by atoms with E-state index >= 15 is 0 Å². The molecule has 4 aromatic carbocycles. The summed E-state index contributed by atoms with van der Waals surface area (Å²) in [6.45, 7) is 19.7. The third-order valence-electron chi connectivity index (χ3n) is 15.6. The summed E-state index contributed by atoms with van der Waals surface area (Å²) in [5.41, 5.74) is 3.31. The highest BCUT2D eigenvalue weighted by Crippen LogP contribution is 2.34. The van der Waals surface area contributed by atoms with Crippen LogP contribution >= 0.6 is 0 Å². The van der Waals surface area contributed by atoms with E-state index in [2.05, 4.69) is 10.6 Å². The van der Waals surface area contributed by atoms with Gasteiger partial charge in [-0.1, -0.05) is 104 Å². The molecule has 76 heavy (non-hydrogen) atoms. The van der Waals surface area contributed by atoms with Gasteiger partial charge in [0.1, 0.15) is 23.5 Å². The van der Waals surface area contributed by atoms with Crippen molar-refractivity contribution in [3.05, 3.63) is 131 Å². The first-order valence-corrected chi connectivity index (χ1v) is 27.4. The third-order valence-corrected chi connectivity index (χ3v) is 15.6. The lowest BCUT2D eigenvalue weighted by Crippen LogP contribution is -2.57. The number of benzene rings is 4. The Kier molecular flexibility index (Phi) is 20.3. The molecule has 12 nitrogen and oxygen atoms in total. The number of Topliss-reactive ketones (excluding diaryl/α,β-unsaturated/α-hetero) is 1. The standard InChI is InChI=1S/C62H82F2N6O6/c1-11-41(2)56(72)66-55(62(7,8)9)60(76)70-35-13-15-52(70)40-68(37-33-44-18-30-50(64)31-19-44)58(74)48-26-22-46(23-27-48)45-20-24-47(25-21-45)57(73)67(36-32-43-16-28-49(63)29-17-43)39-51-14-12-34-69(51)59(75)53(61(4,5)6)38-54(71)42(3)65-10/h16-31,41-42,51-53,55,65H,11-15,32-40H2,1-10H3,(H,66,72)/t41-,42+,51+,52+,53-,55-/m1/s1. The van der Waals surface area contributed by atoms with Crippen molar-refractivity contribution in [1.29, 1.82) is 0 Å². The summed E-state index contributed by atoms with van der Waals surface area (Å²) in [5, 5.41) is 6.05. The molecule has 410 valence electrons. The molecule has 0 unspecified atom stereocenters. The monoisotopic (exact) mass is 1040 g/mol. The summed E-state index contributed by atoms with van der Waals surface area (Å²) in [6.07, 6.45) is 4.67. The minimum absolute atomic E-state index is 0.0224. The molecule has 2 heterocycles. The summed E-state index contributed by atoms with van der Waals surface area (Å²) in [6, 6.07) is 25.5. The summed E-state index contributed by atoms with van der Waals surface area (Å²) in [5.74, 6) is -2.28. The summed E-state index contributed by atoms with van der Waals surface area (Å²) in [4.78, 5) is 91.4. The molecule has 0 bridgehead atoms. The number of hydrogen-bond acceptors (Lipinski definition) is 7. The Labute approximate surface area is 450 Å². The second kappa shape index (κ2) is 26.2. The van der Waals surface area contributed by atoms with Crippen LogP contribution in [0.4, 0.5) is 8.78 Å². The quantitative estimate of drug-likeness (QED) is 0.0800. The predicted octanol–water partition coefficient (Wildman–Crippen LogP) is 9.79. The number of likely N-dealkylation sites (N-methyl/N-ethyl adjacent to an activating group) is 1. The second-order valence-corrected chi connectivity index (χ2v) is 23.3. The van der Waals surface area contributed by atoms with Gasteiger partial charge in [0.25, 0.3) is 11.8 Å². The van der Waals surface area contributed by atoms with Crippen LogP contribution in [0.25, 0.3) is 11.1 Å². The van der Waals surface area contributed by atoms with E-state index in [0.717, 1.165) is 35.1 Å². The molecule has 0 spiro atoms. The Balaban J connectivity index is 1.20. The van der Waals surface area contributed by atoms with Gasteiger partial charge in [-0.05, 0) is 141 Å². The molecule has 0 saturated carbocycles. The number of carbonyl (C=O) groups is 6. The van der Waals surface area contributed by atoms with Crippen molar-refractivity contribution in [3.63, 3.8) is 0 Å². The molecule has 6 atom stereocenters. The van der Waals surface area contributed by atoms with E-state index in [4.69, 9.17) is 0 Å². The van der Waals surface area contributed by atoms with E-state index in [1.807, 2.05) is 89.5 Å². The minimum atomic E-state index is -0.742. The Bertz CT molecular complexity index is 2430. The number of halogens is 2. The zero-order chi connectivity index (χ0) is 55.5. The fraction of sp³-hybridized carbons (Fsp3) is 0.516. The van der Waals surface area contributed by atoms with Gasteiger partial charge in [0.15, 0.2) is 0 Å². The van der Waals surface area contributed by atoms with Crippen LogP contribution in [-0.4, -0.2) is 125 Å². The van der Waals surface area contributed by atoms with Gasteiger partial charge in [-0.25, -0.2) is 8.78 Å². The number of ketones is 1. The Morgan fingerprint density at radius 2 is 1.04 bits per heavy atom. The van der Waals surface area contributed by atoms with Crippen LogP contribution in [0, 0.1) is 34.3 Å². The van der Waals surface area contributed by atoms with Crippen molar-refractivity contribution in [1.82, 2.24) is 30.2 Å². The number of nitrogens with zero attached hydrogens (tertiary/aromatic N) is 4. The van der Waals surface area contributed by atoms with Crippen molar-refractivity contribution in [2.75, 3.05) is 46.3 Å². The number of nitrogens with one attached hydrogen (secondary N) is 2. The molecule has 0 radical (unpaired) electrons. The molecule has 2 aliphatic heterocycles. The van der Waals surface area contributed by atoms with E-state index in [0.29, 0.717) is 76.0 Å². The summed E-state index contributed by atoms with van der Waals surface area (Å²) >= 11 is 0. The number of likely N-dealkylation sites (tertiary alicyclic amines) is 2. The summed E-state index contributed by atoms with van der Waals surface area (Å²) in [7, 11) is 1.73. The van der Waals surface area contributed by atoms with Gasteiger partial charge < -0.3 is 30.2 Å². The first kappa shape index (κ1) is 59.0. The summed E-state index contributed by atoms with van der Waals surface area (Å²) < 4.78 is 27.8.